The first-order valence-corrected chi connectivity index (χ1v) is 9.34. The first-order chi connectivity index (χ1) is 13.2. The Balaban J connectivity index is 1.51. The van der Waals surface area contributed by atoms with E-state index in [1.165, 1.54) is 7.11 Å². The number of likely N-dealkylation sites (tertiary alicyclic amines) is 1. The van der Waals surface area contributed by atoms with Crippen LogP contribution in [0, 0.1) is 0 Å². The lowest BCUT2D eigenvalue weighted by atomic mass is 10.0. The lowest BCUT2D eigenvalue weighted by Gasteiger charge is -2.37. The number of hydrogen-bond donors (Lipinski definition) is 0. The van der Waals surface area contributed by atoms with E-state index in [1.54, 1.807) is 9.80 Å². The predicted octanol–water partition coefficient (Wildman–Crippen LogP) is 2.85. The first kappa shape index (κ1) is 17.6. The van der Waals surface area contributed by atoms with Crippen molar-refractivity contribution >= 4 is 12.0 Å². The number of oxazole rings is 1. The van der Waals surface area contributed by atoms with Crippen molar-refractivity contribution in [2.24, 2.45) is 0 Å². The van der Waals surface area contributed by atoms with Crippen molar-refractivity contribution in [2.75, 3.05) is 20.2 Å². The van der Waals surface area contributed by atoms with E-state index in [0.29, 0.717) is 38.4 Å². The maximum absolute atomic E-state index is 13.1. The van der Waals surface area contributed by atoms with Crippen molar-refractivity contribution in [3.63, 3.8) is 0 Å². The summed E-state index contributed by atoms with van der Waals surface area (Å²) in [4.78, 5) is 33.1. The predicted molar refractivity (Wildman–Crippen MR) is 97.8 cm³/mol. The van der Waals surface area contributed by atoms with Gasteiger partial charge in [-0.2, -0.15) is 0 Å². The van der Waals surface area contributed by atoms with Crippen LogP contribution < -0.4 is 0 Å². The second-order valence-corrected chi connectivity index (χ2v) is 6.94. The third-order valence-electron chi connectivity index (χ3n) is 5.26. The van der Waals surface area contributed by atoms with Gasteiger partial charge in [-0.15, -0.1) is 0 Å². The highest BCUT2D eigenvalue weighted by Gasteiger charge is 2.37. The SMILES string of the molecule is COC(=O)N1CCCCC1C(=O)N1CCc2oc(-c3ccccc3)nc2C1. The summed E-state index contributed by atoms with van der Waals surface area (Å²) >= 11 is 0. The number of carbonyl (C=O) groups is 2. The van der Waals surface area contributed by atoms with Gasteiger partial charge in [0.15, 0.2) is 0 Å². The number of hydrogen-bond acceptors (Lipinski definition) is 5. The fourth-order valence-electron chi connectivity index (χ4n) is 3.83. The molecule has 0 radical (unpaired) electrons. The van der Waals surface area contributed by atoms with Crippen molar-refractivity contribution in [2.45, 2.75) is 38.3 Å². The topological polar surface area (TPSA) is 75.9 Å². The van der Waals surface area contributed by atoms with Gasteiger partial charge in [-0.3, -0.25) is 9.69 Å². The van der Waals surface area contributed by atoms with E-state index in [9.17, 15) is 9.59 Å². The Bertz CT molecular complexity index is 833. The average Bonchev–Trinajstić information content (AvgIpc) is 3.16. The largest absolute Gasteiger partial charge is 0.453 e. The molecule has 1 fully saturated rings. The maximum atomic E-state index is 13.1. The normalized spacial score (nSPS) is 19.5. The molecule has 3 heterocycles. The van der Waals surface area contributed by atoms with Crippen molar-refractivity contribution in [1.82, 2.24) is 14.8 Å². The molecule has 142 valence electrons. The van der Waals surface area contributed by atoms with Crippen LogP contribution in [0.4, 0.5) is 4.79 Å². The minimum Gasteiger partial charge on any atom is -0.453 e. The molecule has 2 aromatic rings. The molecule has 1 aromatic heterocycles. The van der Waals surface area contributed by atoms with Crippen molar-refractivity contribution in [3.8, 4) is 11.5 Å². The minimum absolute atomic E-state index is 0.0324. The van der Waals surface area contributed by atoms with E-state index in [1.807, 2.05) is 30.3 Å². The molecule has 2 aliphatic heterocycles. The van der Waals surface area contributed by atoms with Gasteiger partial charge in [-0.25, -0.2) is 9.78 Å². The molecule has 0 saturated carbocycles. The Morgan fingerprint density at radius 2 is 2.00 bits per heavy atom. The third-order valence-corrected chi connectivity index (χ3v) is 5.26. The molecule has 4 rings (SSSR count). The number of fused-ring (bicyclic) bond motifs is 1. The molecular formula is C20H23N3O4. The molecule has 1 unspecified atom stereocenters. The van der Waals surface area contributed by atoms with E-state index < -0.39 is 12.1 Å². The number of ether oxygens (including phenoxy) is 1. The van der Waals surface area contributed by atoms with Gasteiger partial charge < -0.3 is 14.1 Å². The van der Waals surface area contributed by atoms with Gasteiger partial charge >= 0.3 is 6.09 Å². The van der Waals surface area contributed by atoms with Gasteiger partial charge in [0, 0.05) is 25.1 Å². The van der Waals surface area contributed by atoms with Gasteiger partial charge in [0.25, 0.3) is 0 Å². The molecule has 2 aliphatic rings. The van der Waals surface area contributed by atoms with E-state index in [0.717, 1.165) is 29.9 Å². The number of piperidine rings is 1. The van der Waals surface area contributed by atoms with Gasteiger partial charge in [0.1, 0.15) is 17.5 Å². The summed E-state index contributed by atoms with van der Waals surface area (Å²) in [5.41, 5.74) is 1.72. The lowest BCUT2D eigenvalue weighted by molar-refractivity contribution is -0.138. The van der Waals surface area contributed by atoms with Crippen LogP contribution >= 0.6 is 0 Å². The molecule has 7 heteroatoms. The summed E-state index contributed by atoms with van der Waals surface area (Å²) in [5, 5.41) is 0. The average molecular weight is 369 g/mol. The summed E-state index contributed by atoms with van der Waals surface area (Å²) < 4.78 is 10.8. The van der Waals surface area contributed by atoms with Gasteiger partial charge in [0.2, 0.25) is 11.8 Å². The van der Waals surface area contributed by atoms with Crippen molar-refractivity contribution < 1.29 is 18.7 Å². The summed E-state index contributed by atoms with van der Waals surface area (Å²) in [6.07, 6.45) is 2.70. The van der Waals surface area contributed by atoms with Crippen LogP contribution in [0.2, 0.25) is 0 Å². The zero-order valence-corrected chi connectivity index (χ0v) is 15.4. The van der Waals surface area contributed by atoms with Crippen LogP contribution in [0.1, 0.15) is 30.7 Å². The number of benzene rings is 1. The Hall–Kier alpha value is -2.83. The zero-order chi connectivity index (χ0) is 18.8. The summed E-state index contributed by atoms with van der Waals surface area (Å²) in [6.45, 7) is 1.54. The number of carbonyl (C=O) groups excluding carboxylic acids is 2. The van der Waals surface area contributed by atoms with Crippen molar-refractivity contribution in [3.05, 3.63) is 41.8 Å². The zero-order valence-electron chi connectivity index (χ0n) is 15.4. The maximum Gasteiger partial charge on any atom is 0.410 e. The van der Waals surface area contributed by atoms with Gasteiger partial charge in [0.05, 0.1) is 13.7 Å². The molecule has 7 nitrogen and oxygen atoms in total. The van der Waals surface area contributed by atoms with Crippen LogP contribution in [0.15, 0.2) is 34.7 Å². The van der Waals surface area contributed by atoms with Crippen LogP contribution in [0.3, 0.4) is 0 Å². The Morgan fingerprint density at radius 1 is 1.19 bits per heavy atom. The molecule has 27 heavy (non-hydrogen) atoms. The second kappa shape index (κ2) is 7.42. The van der Waals surface area contributed by atoms with Gasteiger partial charge in [-0.05, 0) is 31.4 Å². The Morgan fingerprint density at radius 3 is 2.78 bits per heavy atom. The fourth-order valence-corrected chi connectivity index (χ4v) is 3.83. The number of aromatic nitrogens is 1. The van der Waals surface area contributed by atoms with E-state index in [2.05, 4.69) is 4.98 Å². The number of nitrogens with zero attached hydrogens (tertiary/aromatic N) is 3. The first-order valence-electron chi connectivity index (χ1n) is 9.34. The molecule has 1 atom stereocenters. The number of rotatable bonds is 2. The second-order valence-electron chi connectivity index (χ2n) is 6.94. The molecule has 0 spiro atoms. The van der Waals surface area contributed by atoms with Crippen LogP contribution in [-0.4, -0.2) is 53.0 Å². The smallest absolute Gasteiger partial charge is 0.410 e. The molecule has 0 bridgehead atoms. The van der Waals surface area contributed by atoms with Gasteiger partial charge in [-0.1, -0.05) is 18.2 Å². The molecule has 2 amide bonds. The highest BCUT2D eigenvalue weighted by atomic mass is 16.5. The molecular weight excluding hydrogens is 346 g/mol. The summed E-state index contributed by atoms with van der Waals surface area (Å²) in [6, 6.07) is 9.29. The quantitative estimate of drug-likeness (QED) is 0.814. The lowest BCUT2D eigenvalue weighted by Crippen LogP contribution is -2.53. The molecule has 0 aliphatic carbocycles. The third kappa shape index (κ3) is 3.41. The van der Waals surface area contributed by atoms with Crippen LogP contribution in [0.25, 0.3) is 11.5 Å². The van der Waals surface area contributed by atoms with E-state index in [-0.39, 0.29) is 5.91 Å². The highest BCUT2D eigenvalue weighted by molar-refractivity contribution is 5.86. The number of methoxy groups -OCH3 is 1. The van der Waals surface area contributed by atoms with E-state index in [4.69, 9.17) is 9.15 Å². The minimum atomic E-state index is -0.451. The Labute approximate surface area is 157 Å². The molecule has 1 aromatic carbocycles. The fraction of sp³-hybridized carbons (Fsp3) is 0.450. The summed E-state index contributed by atoms with van der Waals surface area (Å²) in [7, 11) is 1.35. The van der Waals surface area contributed by atoms with E-state index >= 15 is 0 Å². The van der Waals surface area contributed by atoms with Crippen molar-refractivity contribution in [1.29, 1.82) is 0 Å². The molecule has 1 saturated heterocycles. The Kier molecular flexibility index (Phi) is 4.83. The molecule has 0 N–H and O–H groups in total. The number of amides is 2. The standard InChI is InChI=1S/C20H23N3O4/c1-26-20(25)23-11-6-5-9-16(23)19(24)22-12-10-17-15(13-22)21-18(27-17)14-7-3-2-4-8-14/h2-4,7-8,16H,5-6,9-13H2,1H3. The highest BCUT2D eigenvalue weighted by Crippen LogP contribution is 2.28. The van der Waals surface area contributed by atoms with Crippen LogP contribution in [-0.2, 0) is 22.5 Å². The monoisotopic (exact) mass is 369 g/mol. The summed E-state index contributed by atoms with van der Waals surface area (Å²) in [5.74, 6) is 1.39. The van der Waals surface area contributed by atoms with Crippen LogP contribution in [0.5, 0.6) is 0 Å².